The number of rotatable bonds is 34. The first kappa shape index (κ1) is 49.9. The van der Waals surface area contributed by atoms with Crippen LogP contribution in [0.2, 0.25) is 0 Å². The van der Waals surface area contributed by atoms with Crippen molar-refractivity contribution in [2.45, 2.75) is 148 Å². The zero-order chi connectivity index (χ0) is 39.1. The number of hydrogen-bond donors (Lipinski definition) is 3. The van der Waals surface area contributed by atoms with Crippen molar-refractivity contribution in [3.05, 3.63) is 97.2 Å². The second-order valence-corrected chi connectivity index (χ2v) is 14.0. The predicted octanol–water partition coefficient (Wildman–Crippen LogP) is 10.8. The third-order valence-electron chi connectivity index (χ3n) is 7.67. The summed E-state index contributed by atoms with van der Waals surface area (Å²) in [6.07, 6.45) is 47.2. The quantitative estimate of drug-likeness (QED) is 0.0192. The minimum Gasteiger partial charge on any atom is -0.462 e. The van der Waals surface area contributed by atoms with E-state index >= 15 is 0 Å². The molecule has 0 fully saturated rings. The highest BCUT2D eigenvalue weighted by molar-refractivity contribution is 7.46. The molecule has 0 aromatic rings. The molecule has 0 saturated heterocycles. The van der Waals surface area contributed by atoms with Crippen LogP contribution in [0.5, 0.6) is 0 Å². The summed E-state index contributed by atoms with van der Waals surface area (Å²) >= 11 is 0. The number of allylic oxidation sites excluding steroid dienone is 14. The van der Waals surface area contributed by atoms with Gasteiger partial charge in [-0.05, 0) is 83.5 Å². The van der Waals surface area contributed by atoms with Crippen molar-refractivity contribution in [1.29, 1.82) is 0 Å². The number of phosphoric ester groups is 1. The number of carbonyl (C=O) groups is 2. The lowest BCUT2D eigenvalue weighted by molar-refractivity contribution is -0.161. The van der Waals surface area contributed by atoms with Gasteiger partial charge in [-0.3, -0.25) is 14.1 Å². The summed E-state index contributed by atoms with van der Waals surface area (Å²) in [6, 6.07) is 0. The maximum atomic E-state index is 12.4. The Bertz CT molecular complexity index is 1190. The minimum atomic E-state index is -4.80. The molecule has 0 unspecified atom stereocenters. The number of unbranched alkanes of at least 4 members (excludes halogenated alkanes) is 8. The molecular weight excluding hydrogens is 691 g/mol. The van der Waals surface area contributed by atoms with Crippen molar-refractivity contribution in [2.24, 2.45) is 0 Å². The van der Waals surface area contributed by atoms with Crippen molar-refractivity contribution in [3.8, 4) is 0 Å². The lowest BCUT2D eigenvalue weighted by Gasteiger charge is -2.18. The molecule has 300 valence electrons. The van der Waals surface area contributed by atoms with Crippen molar-refractivity contribution in [3.63, 3.8) is 0 Å². The smallest absolute Gasteiger partial charge is 0.462 e. The highest BCUT2D eigenvalue weighted by Gasteiger charge is 2.22. The summed E-state index contributed by atoms with van der Waals surface area (Å²) in [6.45, 7) is 3.38. The van der Waals surface area contributed by atoms with Gasteiger partial charge in [0.1, 0.15) is 6.61 Å². The Morgan fingerprint density at radius 1 is 0.604 bits per heavy atom. The average Bonchev–Trinajstić information content (AvgIpc) is 3.12. The van der Waals surface area contributed by atoms with E-state index in [1.165, 1.54) is 19.3 Å². The standard InChI is InChI=1S/C43H69O9P/c1-3-5-7-9-11-12-13-14-15-16-17-18-19-20-24-28-32-36-42(45)50-38-41(39-51-53(47,48)49)52-43(46)37-33-29-25-21-23-27-31-35-40(44)34-30-26-22-10-8-6-4-2/h5,7,11-12,14-15,17-18,21-22,25-27,30-31,34,40-41,44H,3-4,6,8-10,13,16,19-20,23-24,28-29,32-33,35-39H2,1-2H3,(H2,47,48,49)/b7-5-,12-11-,15-14-,18-17-,25-21+,26-22-,31-27-,34-30-/t40-,41+/m0/s1. The molecule has 0 heterocycles. The second kappa shape index (κ2) is 37.3. The first-order valence-corrected chi connectivity index (χ1v) is 21.2. The number of aliphatic hydroxyl groups excluding tert-OH is 1. The van der Waals surface area contributed by atoms with Gasteiger partial charge in [0.2, 0.25) is 0 Å². The van der Waals surface area contributed by atoms with E-state index in [9.17, 15) is 19.3 Å². The Morgan fingerprint density at radius 2 is 1.15 bits per heavy atom. The molecule has 0 bridgehead atoms. The summed E-state index contributed by atoms with van der Waals surface area (Å²) in [4.78, 5) is 42.8. The predicted molar refractivity (Wildman–Crippen MR) is 217 cm³/mol. The van der Waals surface area contributed by atoms with E-state index < -0.39 is 38.6 Å². The van der Waals surface area contributed by atoms with Crippen LogP contribution in [-0.2, 0) is 28.2 Å². The van der Waals surface area contributed by atoms with Gasteiger partial charge in [-0.25, -0.2) is 4.57 Å². The molecule has 10 heteroatoms. The molecular formula is C43H69O9P. The summed E-state index contributed by atoms with van der Waals surface area (Å²) in [7, 11) is -4.80. The number of ether oxygens (including phenoxy) is 2. The first-order valence-electron chi connectivity index (χ1n) is 19.6. The molecule has 0 saturated carbocycles. The molecule has 2 atom stereocenters. The molecule has 0 aliphatic heterocycles. The van der Waals surface area contributed by atoms with Crippen molar-refractivity contribution in [2.75, 3.05) is 13.2 Å². The monoisotopic (exact) mass is 760 g/mol. The number of carbonyl (C=O) groups excluding carboxylic acids is 2. The largest absolute Gasteiger partial charge is 0.469 e. The van der Waals surface area contributed by atoms with E-state index in [-0.39, 0.29) is 19.4 Å². The molecule has 0 aromatic carbocycles. The summed E-state index contributed by atoms with van der Waals surface area (Å²) in [5.41, 5.74) is 0. The number of aliphatic hydroxyl groups is 1. The molecule has 0 rings (SSSR count). The zero-order valence-corrected chi connectivity index (χ0v) is 33.4. The molecule has 0 amide bonds. The highest BCUT2D eigenvalue weighted by atomic mass is 31.2. The van der Waals surface area contributed by atoms with Gasteiger partial charge < -0.3 is 24.4 Å². The van der Waals surface area contributed by atoms with Gasteiger partial charge in [0.25, 0.3) is 0 Å². The third-order valence-corrected chi connectivity index (χ3v) is 8.15. The SMILES string of the molecule is CC/C=C\C/C=C\C/C=C\C/C=C\CCCCCCC(=O)OC[C@H](COP(=O)(O)O)OC(=O)CCC/C=C/C/C=C\C[C@@H](O)/C=C\C=C/CCCCC. The van der Waals surface area contributed by atoms with Gasteiger partial charge in [0.05, 0.1) is 12.7 Å². The Kier molecular flexibility index (Phi) is 35.1. The van der Waals surface area contributed by atoms with Gasteiger partial charge in [-0.15, -0.1) is 0 Å². The molecule has 9 nitrogen and oxygen atoms in total. The first-order chi connectivity index (χ1) is 25.7. The van der Waals surface area contributed by atoms with Gasteiger partial charge in [-0.2, -0.15) is 0 Å². The van der Waals surface area contributed by atoms with Crippen LogP contribution in [0.3, 0.4) is 0 Å². The van der Waals surface area contributed by atoms with Crippen LogP contribution in [0.15, 0.2) is 97.2 Å². The molecule has 3 N–H and O–H groups in total. The Morgan fingerprint density at radius 3 is 1.79 bits per heavy atom. The number of esters is 2. The van der Waals surface area contributed by atoms with Crippen LogP contribution in [0, 0.1) is 0 Å². The summed E-state index contributed by atoms with van der Waals surface area (Å²) < 4.78 is 26.2. The van der Waals surface area contributed by atoms with E-state index in [1.807, 2.05) is 36.5 Å². The summed E-state index contributed by atoms with van der Waals surface area (Å²) in [5, 5.41) is 10.0. The van der Waals surface area contributed by atoms with Crippen LogP contribution in [0.4, 0.5) is 0 Å². The fraction of sp³-hybridized carbons (Fsp3) is 0.581. The Balaban J connectivity index is 4.19. The lowest BCUT2D eigenvalue weighted by Crippen LogP contribution is -2.29. The molecule has 0 spiro atoms. The van der Waals surface area contributed by atoms with Crippen LogP contribution >= 0.6 is 7.82 Å². The molecule has 0 aliphatic carbocycles. The molecule has 0 aliphatic rings. The second-order valence-electron chi connectivity index (χ2n) is 12.7. The van der Waals surface area contributed by atoms with Gasteiger partial charge in [-0.1, -0.05) is 137 Å². The fourth-order valence-corrected chi connectivity index (χ4v) is 5.09. The fourth-order valence-electron chi connectivity index (χ4n) is 4.73. The van der Waals surface area contributed by atoms with E-state index in [0.29, 0.717) is 32.1 Å². The van der Waals surface area contributed by atoms with Crippen LogP contribution in [0.25, 0.3) is 0 Å². The van der Waals surface area contributed by atoms with Crippen LogP contribution < -0.4 is 0 Å². The van der Waals surface area contributed by atoms with E-state index in [2.05, 4.69) is 73.1 Å². The van der Waals surface area contributed by atoms with Crippen molar-refractivity contribution >= 4 is 19.8 Å². The average molecular weight is 761 g/mol. The lowest BCUT2D eigenvalue weighted by atomic mass is 10.1. The Hall–Kier alpha value is -3.07. The maximum absolute atomic E-state index is 12.4. The minimum absolute atomic E-state index is 0.0903. The van der Waals surface area contributed by atoms with Crippen LogP contribution in [-0.4, -0.2) is 52.3 Å². The molecule has 0 aromatic heterocycles. The zero-order valence-electron chi connectivity index (χ0n) is 32.5. The van der Waals surface area contributed by atoms with Gasteiger partial charge in [0, 0.05) is 12.8 Å². The topological polar surface area (TPSA) is 140 Å². The van der Waals surface area contributed by atoms with Gasteiger partial charge in [0.15, 0.2) is 6.10 Å². The number of phosphoric acid groups is 1. The van der Waals surface area contributed by atoms with Crippen molar-refractivity contribution in [1.82, 2.24) is 0 Å². The molecule has 53 heavy (non-hydrogen) atoms. The van der Waals surface area contributed by atoms with E-state index in [4.69, 9.17) is 19.3 Å². The third kappa shape index (κ3) is 40.0. The van der Waals surface area contributed by atoms with Crippen LogP contribution in [0.1, 0.15) is 136 Å². The van der Waals surface area contributed by atoms with Gasteiger partial charge >= 0.3 is 19.8 Å². The summed E-state index contributed by atoms with van der Waals surface area (Å²) in [5.74, 6) is -1.03. The normalized spacial score (nSPS) is 14.1. The number of hydrogen-bond acceptors (Lipinski definition) is 7. The maximum Gasteiger partial charge on any atom is 0.469 e. The molecule has 0 radical (unpaired) electrons. The Labute approximate surface area is 320 Å². The van der Waals surface area contributed by atoms with Crippen molar-refractivity contribution < 1.29 is 43.0 Å². The highest BCUT2D eigenvalue weighted by Crippen LogP contribution is 2.35. The van der Waals surface area contributed by atoms with E-state index in [1.54, 1.807) is 6.08 Å². The van der Waals surface area contributed by atoms with E-state index in [0.717, 1.165) is 57.8 Å².